The van der Waals surface area contributed by atoms with E-state index in [-0.39, 0.29) is 34.6 Å². The van der Waals surface area contributed by atoms with E-state index < -0.39 is 0 Å². The highest BCUT2D eigenvalue weighted by Crippen LogP contribution is 2.60. The van der Waals surface area contributed by atoms with Gasteiger partial charge >= 0.3 is 0 Å². The molecule has 2 aliphatic carbocycles. The summed E-state index contributed by atoms with van der Waals surface area (Å²) in [4.78, 5) is 25.2. The highest BCUT2D eigenvalue weighted by molar-refractivity contribution is 6.50. The van der Waals surface area contributed by atoms with Crippen LogP contribution >= 0.6 is 0 Å². The van der Waals surface area contributed by atoms with Crippen molar-refractivity contribution in [3.63, 3.8) is 0 Å². The first-order valence-electron chi connectivity index (χ1n) is 8.97. The van der Waals surface area contributed by atoms with Crippen molar-refractivity contribution >= 4 is 11.6 Å². The zero-order chi connectivity index (χ0) is 16.6. The van der Waals surface area contributed by atoms with Gasteiger partial charge in [0.15, 0.2) is 0 Å². The van der Waals surface area contributed by atoms with E-state index in [4.69, 9.17) is 4.74 Å². The molecule has 2 heterocycles. The quantitative estimate of drug-likeness (QED) is 0.546. The molecule has 23 heavy (non-hydrogen) atoms. The molecule has 2 bridgehead atoms. The van der Waals surface area contributed by atoms with Crippen LogP contribution in [0.5, 0.6) is 0 Å². The Kier molecular flexibility index (Phi) is 3.10. The van der Waals surface area contributed by atoms with Crippen LogP contribution in [0, 0.1) is 17.3 Å². The summed E-state index contributed by atoms with van der Waals surface area (Å²) in [5.74, 6) is 0.0145. The maximum Gasteiger partial charge on any atom is 0.229 e. The molecule has 0 N–H and O–H groups in total. The number of hydrogen-bond acceptors (Lipinski definition) is 3. The lowest BCUT2D eigenvalue weighted by Gasteiger charge is -2.49. The molecule has 2 aliphatic heterocycles. The molecule has 3 unspecified atom stereocenters. The largest absolute Gasteiger partial charge is 0.366 e. The molecule has 1 spiro atoms. The van der Waals surface area contributed by atoms with Crippen LogP contribution in [-0.4, -0.2) is 23.3 Å². The monoisotopic (exact) mass is 314 g/mol. The first-order valence-corrected chi connectivity index (χ1v) is 8.97. The van der Waals surface area contributed by atoms with E-state index >= 15 is 0 Å². The molecule has 0 radical (unpaired) electrons. The van der Waals surface area contributed by atoms with Crippen molar-refractivity contribution in [2.75, 3.05) is 0 Å². The van der Waals surface area contributed by atoms with Crippen LogP contribution in [0.3, 0.4) is 0 Å². The lowest BCUT2D eigenvalue weighted by atomic mass is 9.60. The Morgan fingerprint density at radius 2 is 1.91 bits per heavy atom. The zero-order valence-electron chi connectivity index (χ0n) is 14.6. The first-order chi connectivity index (χ1) is 10.8. The molecule has 0 aromatic carbocycles. The van der Waals surface area contributed by atoms with E-state index in [1.54, 1.807) is 0 Å². The van der Waals surface area contributed by atoms with E-state index in [1.165, 1.54) is 6.42 Å². The Balaban J connectivity index is 1.80. The van der Waals surface area contributed by atoms with Crippen molar-refractivity contribution < 1.29 is 14.3 Å². The molecule has 1 saturated carbocycles. The number of ether oxygens (including phenoxy) is 1. The maximum absolute atomic E-state index is 12.7. The minimum absolute atomic E-state index is 0.00641. The van der Waals surface area contributed by atoms with Crippen LogP contribution in [0.25, 0.3) is 0 Å². The Labute approximate surface area is 138 Å². The summed E-state index contributed by atoms with van der Waals surface area (Å²) in [6.45, 7) is 8.63. The minimum Gasteiger partial charge on any atom is -0.366 e. The first kappa shape index (κ1) is 15.3. The van der Waals surface area contributed by atoms with E-state index in [1.807, 2.05) is 19.9 Å². The summed E-state index contributed by atoms with van der Waals surface area (Å²) in [6.07, 6.45) is 7.01. The number of rotatable bonds is 1. The molecule has 2 fully saturated rings. The van der Waals surface area contributed by atoms with Crippen molar-refractivity contribution in [3.8, 4) is 0 Å². The molecule has 0 amide bonds. The molecule has 4 aliphatic rings. The number of carbonyl (C=O) groups excluding carboxylic acids is 2. The smallest absolute Gasteiger partial charge is 0.229 e. The molecule has 0 aromatic heterocycles. The van der Waals surface area contributed by atoms with E-state index in [9.17, 15) is 9.59 Å². The number of Topliss-reactive ketones (excluding diaryl/α,β-unsaturated/α-hetero) is 2. The summed E-state index contributed by atoms with van der Waals surface area (Å²) >= 11 is 0. The SMILES string of the molecule is CC(C)C1=CC2=C(CC34CCCC(C)(C)C3CC2O4)C(=O)C1=O. The van der Waals surface area contributed by atoms with Crippen molar-refractivity contribution in [1.82, 2.24) is 0 Å². The van der Waals surface area contributed by atoms with Gasteiger partial charge in [0.05, 0.1) is 11.7 Å². The second-order valence-electron chi connectivity index (χ2n) is 8.82. The highest BCUT2D eigenvalue weighted by Gasteiger charge is 2.60. The molecule has 3 atom stereocenters. The average molecular weight is 314 g/mol. The van der Waals surface area contributed by atoms with Gasteiger partial charge in [-0.25, -0.2) is 0 Å². The van der Waals surface area contributed by atoms with Crippen LogP contribution in [-0.2, 0) is 14.3 Å². The van der Waals surface area contributed by atoms with Gasteiger partial charge in [0.25, 0.3) is 0 Å². The van der Waals surface area contributed by atoms with E-state index in [0.29, 0.717) is 17.9 Å². The number of hydrogen-bond donors (Lipinski definition) is 0. The van der Waals surface area contributed by atoms with Gasteiger partial charge in [0.2, 0.25) is 11.6 Å². The summed E-state index contributed by atoms with van der Waals surface area (Å²) in [5.41, 5.74) is 2.47. The molecule has 3 heteroatoms. The summed E-state index contributed by atoms with van der Waals surface area (Å²) in [5, 5.41) is 0. The fraction of sp³-hybridized carbons (Fsp3) is 0.700. The van der Waals surface area contributed by atoms with Gasteiger partial charge < -0.3 is 4.74 Å². The summed E-state index contributed by atoms with van der Waals surface area (Å²) in [6, 6.07) is 0. The standard InChI is InChI=1S/C20H26O3/c1-11(2)12-8-13-14(18(22)17(12)21)10-20-7-5-6-19(3,4)16(20)9-15(13)23-20/h8,11,15-16H,5-7,9-10H2,1-4H3. The Morgan fingerprint density at radius 3 is 2.61 bits per heavy atom. The third kappa shape index (κ3) is 1.98. The van der Waals surface area contributed by atoms with E-state index in [2.05, 4.69) is 13.8 Å². The van der Waals surface area contributed by atoms with Crippen molar-refractivity contribution in [2.45, 2.75) is 71.5 Å². The van der Waals surface area contributed by atoms with Gasteiger partial charge in [-0.2, -0.15) is 0 Å². The fourth-order valence-electron chi connectivity index (χ4n) is 5.49. The van der Waals surface area contributed by atoms with Gasteiger partial charge in [0, 0.05) is 17.6 Å². The summed E-state index contributed by atoms with van der Waals surface area (Å²) in [7, 11) is 0. The van der Waals surface area contributed by atoms with Crippen LogP contribution in [0.15, 0.2) is 22.8 Å². The zero-order valence-corrected chi connectivity index (χ0v) is 14.6. The minimum atomic E-state index is -0.289. The number of allylic oxidation sites excluding steroid dienone is 1. The Bertz CT molecular complexity index is 664. The van der Waals surface area contributed by atoms with Crippen LogP contribution < -0.4 is 0 Å². The normalized spacial score (nSPS) is 38.6. The maximum atomic E-state index is 12.7. The average Bonchev–Trinajstić information content (AvgIpc) is 2.78. The fourth-order valence-corrected chi connectivity index (χ4v) is 5.49. The highest BCUT2D eigenvalue weighted by atomic mass is 16.5. The van der Waals surface area contributed by atoms with Crippen LogP contribution in [0.2, 0.25) is 0 Å². The topological polar surface area (TPSA) is 43.4 Å². The number of ketones is 2. The lowest BCUT2D eigenvalue weighted by Crippen LogP contribution is -2.49. The van der Waals surface area contributed by atoms with Crippen LogP contribution in [0.1, 0.15) is 59.8 Å². The molecular formula is C20H26O3. The van der Waals surface area contributed by atoms with Gasteiger partial charge in [-0.15, -0.1) is 0 Å². The molecule has 4 rings (SSSR count). The Hall–Kier alpha value is -1.22. The van der Waals surface area contributed by atoms with Gasteiger partial charge in [0.1, 0.15) is 0 Å². The Morgan fingerprint density at radius 1 is 1.17 bits per heavy atom. The lowest BCUT2D eigenvalue weighted by molar-refractivity contribution is -0.135. The van der Waals surface area contributed by atoms with Crippen LogP contribution in [0.4, 0.5) is 0 Å². The molecule has 1 saturated heterocycles. The molecule has 3 nitrogen and oxygen atoms in total. The van der Waals surface area contributed by atoms with Crippen molar-refractivity contribution in [3.05, 3.63) is 22.8 Å². The van der Waals surface area contributed by atoms with E-state index in [0.717, 1.165) is 30.4 Å². The number of fused-ring (bicyclic) bond motifs is 2. The summed E-state index contributed by atoms with van der Waals surface area (Å²) < 4.78 is 6.54. The molecule has 0 aromatic rings. The molecule has 124 valence electrons. The predicted octanol–water partition coefficient (Wildman–Crippen LogP) is 3.77. The molecular weight excluding hydrogens is 288 g/mol. The second kappa shape index (κ2) is 4.66. The third-order valence-electron chi connectivity index (χ3n) is 6.67. The van der Waals surface area contributed by atoms with Crippen molar-refractivity contribution in [2.24, 2.45) is 17.3 Å². The third-order valence-corrected chi connectivity index (χ3v) is 6.67. The van der Waals surface area contributed by atoms with Crippen molar-refractivity contribution in [1.29, 1.82) is 0 Å². The predicted molar refractivity (Wildman–Crippen MR) is 87.9 cm³/mol. The van der Waals surface area contributed by atoms with Gasteiger partial charge in [-0.1, -0.05) is 34.1 Å². The van der Waals surface area contributed by atoms with Gasteiger partial charge in [-0.05, 0) is 48.2 Å². The van der Waals surface area contributed by atoms with Gasteiger partial charge in [-0.3, -0.25) is 9.59 Å². The number of carbonyl (C=O) groups is 2. The second-order valence-corrected chi connectivity index (χ2v) is 8.82.